The number of likely N-dealkylation sites (tertiary alicyclic amines) is 1. The Morgan fingerprint density at radius 2 is 2.07 bits per heavy atom. The molecule has 0 saturated carbocycles. The highest BCUT2D eigenvalue weighted by atomic mass is 19.4. The van der Waals surface area contributed by atoms with Gasteiger partial charge in [-0.05, 0) is 37.1 Å². The minimum absolute atomic E-state index is 0.143. The number of H-pyrrole nitrogens is 1. The number of para-hydroxylation sites is 1. The van der Waals surface area contributed by atoms with Crippen LogP contribution in [-0.4, -0.2) is 40.3 Å². The molecule has 152 valence electrons. The Bertz CT molecular complexity index is 1050. The molecule has 1 atom stereocenters. The van der Waals surface area contributed by atoms with E-state index in [0.717, 1.165) is 11.9 Å². The van der Waals surface area contributed by atoms with Crippen LogP contribution in [0.5, 0.6) is 5.75 Å². The molecule has 1 unspecified atom stereocenters. The van der Waals surface area contributed by atoms with Crippen molar-refractivity contribution in [3.8, 4) is 5.75 Å². The largest absolute Gasteiger partial charge is 0.484 e. The zero-order chi connectivity index (χ0) is 20.6. The molecule has 9 heteroatoms. The van der Waals surface area contributed by atoms with E-state index in [0.29, 0.717) is 35.3 Å². The lowest BCUT2D eigenvalue weighted by Gasteiger charge is -2.27. The van der Waals surface area contributed by atoms with Gasteiger partial charge in [-0.2, -0.15) is 18.3 Å². The van der Waals surface area contributed by atoms with Gasteiger partial charge >= 0.3 is 6.18 Å². The molecule has 0 aliphatic carbocycles. The predicted molar refractivity (Wildman–Crippen MR) is 102 cm³/mol. The molecule has 0 bridgehead atoms. The number of nitrogens with zero attached hydrogens (tertiary/aromatic N) is 2. The minimum Gasteiger partial charge on any atom is -0.484 e. The van der Waals surface area contributed by atoms with Gasteiger partial charge in [0, 0.05) is 23.1 Å². The van der Waals surface area contributed by atoms with Crippen LogP contribution in [0.3, 0.4) is 0 Å². The number of aromatic amines is 1. The summed E-state index contributed by atoms with van der Waals surface area (Å²) >= 11 is 0. The van der Waals surface area contributed by atoms with E-state index in [-0.39, 0.29) is 17.7 Å². The summed E-state index contributed by atoms with van der Waals surface area (Å²) < 4.78 is 42.8. The number of hydrogen-bond donors (Lipinski definition) is 2. The Balaban J connectivity index is 1.62. The highest BCUT2D eigenvalue weighted by Gasteiger charge is 2.34. The number of nitrogens with one attached hydrogen (secondary N) is 1. The lowest BCUT2D eigenvalue weighted by Crippen LogP contribution is -2.31. The zero-order valence-electron chi connectivity index (χ0n) is 15.4. The van der Waals surface area contributed by atoms with Crippen LogP contribution in [0.1, 0.15) is 34.8 Å². The fraction of sp³-hybridized carbons (Fsp3) is 0.300. The number of alkyl halides is 3. The maximum atomic E-state index is 13.2. The summed E-state index contributed by atoms with van der Waals surface area (Å²) in [7, 11) is 0. The summed E-state index contributed by atoms with van der Waals surface area (Å²) in [5.41, 5.74) is 7.58. The van der Waals surface area contributed by atoms with Gasteiger partial charge in [-0.25, -0.2) is 0 Å². The number of amides is 1. The van der Waals surface area contributed by atoms with Crippen LogP contribution in [-0.2, 0) is 0 Å². The summed E-state index contributed by atoms with van der Waals surface area (Å²) in [6, 6.07) is 11.3. The maximum Gasteiger partial charge on any atom is 0.422 e. The number of fused-ring (bicyclic) bond motifs is 1. The molecule has 2 heterocycles. The van der Waals surface area contributed by atoms with E-state index < -0.39 is 12.8 Å². The van der Waals surface area contributed by atoms with Gasteiger partial charge in [-0.1, -0.05) is 18.2 Å². The highest BCUT2D eigenvalue weighted by molar-refractivity contribution is 6.00. The van der Waals surface area contributed by atoms with E-state index >= 15 is 0 Å². The van der Waals surface area contributed by atoms with Crippen molar-refractivity contribution in [2.75, 3.05) is 18.9 Å². The third-order valence-electron chi connectivity index (χ3n) is 5.02. The Labute approximate surface area is 164 Å². The molecule has 1 saturated heterocycles. The molecule has 1 fully saturated rings. The van der Waals surface area contributed by atoms with Gasteiger partial charge < -0.3 is 15.4 Å². The van der Waals surface area contributed by atoms with Crippen molar-refractivity contribution in [1.29, 1.82) is 0 Å². The second-order valence-electron chi connectivity index (χ2n) is 6.97. The molecule has 1 aliphatic rings. The molecule has 6 nitrogen and oxygen atoms in total. The fourth-order valence-corrected chi connectivity index (χ4v) is 3.71. The summed E-state index contributed by atoms with van der Waals surface area (Å²) in [5.74, 6) is 0.239. The van der Waals surface area contributed by atoms with Crippen molar-refractivity contribution >= 4 is 22.6 Å². The van der Waals surface area contributed by atoms with E-state index in [9.17, 15) is 18.0 Å². The Morgan fingerprint density at radius 1 is 1.28 bits per heavy atom. The standard InChI is InChI=1S/C20H19F3N4O2/c21-20(22,23)11-29-17-6-2-1-4-13(17)16-5-3-9-27(16)19(28)12-7-8-15-14(10-12)18(24)26-25-15/h1-2,4,6-8,10,16H,3,5,9,11H2,(H3,24,25,26). The highest BCUT2D eigenvalue weighted by Crippen LogP contribution is 2.38. The molecule has 1 aromatic heterocycles. The van der Waals surface area contributed by atoms with Crippen molar-refractivity contribution in [1.82, 2.24) is 15.1 Å². The number of aromatic nitrogens is 2. The van der Waals surface area contributed by atoms with E-state index in [1.807, 2.05) is 0 Å². The van der Waals surface area contributed by atoms with Crippen LogP contribution in [0.2, 0.25) is 0 Å². The van der Waals surface area contributed by atoms with Gasteiger partial charge in [0.25, 0.3) is 5.91 Å². The van der Waals surface area contributed by atoms with E-state index in [1.165, 1.54) is 6.07 Å². The van der Waals surface area contributed by atoms with Crippen molar-refractivity contribution in [3.05, 3.63) is 53.6 Å². The molecule has 1 amide bonds. The minimum atomic E-state index is -4.43. The number of anilines is 1. The Kier molecular flexibility index (Phi) is 4.81. The second-order valence-corrected chi connectivity index (χ2v) is 6.97. The Hall–Kier alpha value is -3.23. The molecule has 1 aliphatic heterocycles. The molecular formula is C20H19F3N4O2. The van der Waals surface area contributed by atoms with Crippen LogP contribution in [0.15, 0.2) is 42.5 Å². The first kappa shape index (κ1) is 19.1. The number of carbonyl (C=O) groups excluding carboxylic acids is 1. The van der Waals surface area contributed by atoms with Crippen molar-refractivity contribution in [2.45, 2.75) is 25.1 Å². The zero-order valence-corrected chi connectivity index (χ0v) is 15.4. The molecule has 0 radical (unpaired) electrons. The number of carbonyl (C=O) groups is 1. The molecule has 2 aromatic carbocycles. The van der Waals surface area contributed by atoms with E-state index in [2.05, 4.69) is 10.2 Å². The smallest absolute Gasteiger partial charge is 0.422 e. The molecule has 3 N–H and O–H groups in total. The van der Waals surface area contributed by atoms with Gasteiger partial charge in [-0.15, -0.1) is 0 Å². The number of halogens is 3. The van der Waals surface area contributed by atoms with E-state index in [1.54, 1.807) is 41.3 Å². The molecule has 4 rings (SSSR count). The summed E-state index contributed by atoms with van der Waals surface area (Å²) in [6.45, 7) is -0.864. The van der Waals surface area contributed by atoms with Crippen LogP contribution in [0, 0.1) is 0 Å². The monoisotopic (exact) mass is 404 g/mol. The summed E-state index contributed by atoms with van der Waals surface area (Å²) in [4.78, 5) is 14.8. The SMILES string of the molecule is Nc1n[nH]c2ccc(C(=O)N3CCCC3c3ccccc3OCC(F)(F)F)cc12. The topological polar surface area (TPSA) is 84.2 Å². The molecular weight excluding hydrogens is 385 g/mol. The number of hydrogen-bond acceptors (Lipinski definition) is 4. The summed E-state index contributed by atoms with van der Waals surface area (Å²) in [6.07, 6.45) is -3.04. The quantitative estimate of drug-likeness (QED) is 0.687. The number of rotatable bonds is 4. The lowest BCUT2D eigenvalue weighted by molar-refractivity contribution is -0.153. The van der Waals surface area contributed by atoms with E-state index in [4.69, 9.17) is 10.5 Å². The number of ether oxygens (including phenoxy) is 1. The van der Waals surface area contributed by atoms with Crippen molar-refractivity contribution in [3.63, 3.8) is 0 Å². The van der Waals surface area contributed by atoms with Crippen LogP contribution >= 0.6 is 0 Å². The van der Waals surface area contributed by atoms with Gasteiger partial charge in [-0.3, -0.25) is 9.89 Å². The average molecular weight is 404 g/mol. The molecule has 3 aromatic rings. The molecule has 29 heavy (non-hydrogen) atoms. The van der Waals surface area contributed by atoms with Gasteiger partial charge in [0.1, 0.15) is 5.75 Å². The van der Waals surface area contributed by atoms with Gasteiger partial charge in [0.2, 0.25) is 0 Å². The number of nitrogen functional groups attached to an aromatic ring is 1. The first-order valence-corrected chi connectivity index (χ1v) is 9.16. The van der Waals surface area contributed by atoms with Crippen LogP contribution in [0.4, 0.5) is 19.0 Å². The number of nitrogens with two attached hydrogens (primary N) is 1. The fourth-order valence-electron chi connectivity index (χ4n) is 3.71. The van der Waals surface area contributed by atoms with Crippen LogP contribution < -0.4 is 10.5 Å². The van der Waals surface area contributed by atoms with Crippen molar-refractivity contribution in [2.24, 2.45) is 0 Å². The lowest BCUT2D eigenvalue weighted by atomic mass is 10.0. The number of benzene rings is 2. The third-order valence-corrected chi connectivity index (χ3v) is 5.02. The predicted octanol–water partition coefficient (Wildman–Crippen LogP) is 4.06. The van der Waals surface area contributed by atoms with Gasteiger partial charge in [0.05, 0.1) is 11.6 Å². The first-order valence-electron chi connectivity index (χ1n) is 9.16. The van der Waals surface area contributed by atoms with Gasteiger partial charge in [0.15, 0.2) is 12.4 Å². The Morgan fingerprint density at radius 3 is 2.86 bits per heavy atom. The normalized spacial score (nSPS) is 17.1. The van der Waals surface area contributed by atoms with Crippen LogP contribution in [0.25, 0.3) is 10.9 Å². The average Bonchev–Trinajstić information content (AvgIpc) is 3.32. The summed E-state index contributed by atoms with van der Waals surface area (Å²) in [5, 5.41) is 7.36. The maximum absolute atomic E-state index is 13.2. The third kappa shape index (κ3) is 3.85. The molecule has 0 spiro atoms. The first-order chi connectivity index (χ1) is 13.8. The second kappa shape index (κ2) is 7.31. The van der Waals surface area contributed by atoms with Crippen molar-refractivity contribution < 1.29 is 22.7 Å².